The Morgan fingerprint density at radius 1 is 1.50 bits per heavy atom. The van der Waals surface area contributed by atoms with Crippen molar-refractivity contribution in [2.75, 3.05) is 13.2 Å². The fourth-order valence-corrected chi connectivity index (χ4v) is 2.52. The lowest BCUT2D eigenvalue weighted by Crippen LogP contribution is -2.39. The van der Waals surface area contributed by atoms with Crippen LogP contribution >= 0.6 is 0 Å². The Bertz CT molecular complexity index is 206. The van der Waals surface area contributed by atoms with E-state index in [0.29, 0.717) is 18.4 Å². The van der Waals surface area contributed by atoms with Crippen molar-refractivity contribution < 1.29 is 15.0 Å². The SMILES string of the molecule is O=C(O)N1C[C@H]2CC1C[C@@H]2CO. The molecule has 0 radical (unpaired) electrons. The number of nitrogens with zero attached hydrogens (tertiary/aromatic N) is 1. The second-order valence-electron chi connectivity index (χ2n) is 3.76. The molecule has 1 saturated heterocycles. The standard InChI is InChI=1S/C8H13NO3/c10-4-6-2-7-1-5(6)3-9(7)8(11)12/h5-7,10H,1-4H2,(H,11,12)/t5-,6-,7?/m1/s1. The third-order valence-corrected chi connectivity index (χ3v) is 3.17. The van der Waals surface area contributed by atoms with Crippen molar-refractivity contribution in [1.29, 1.82) is 0 Å². The molecule has 1 unspecified atom stereocenters. The number of aliphatic hydroxyl groups excluding tert-OH is 1. The maximum absolute atomic E-state index is 10.6. The van der Waals surface area contributed by atoms with Gasteiger partial charge in [0, 0.05) is 19.2 Å². The van der Waals surface area contributed by atoms with Gasteiger partial charge >= 0.3 is 6.09 Å². The Kier molecular flexibility index (Phi) is 1.72. The van der Waals surface area contributed by atoms with E-state index in [0.717, 1.165) is 12.8 Å². The van der Waals surface area contributed by atoms with E-state index in [1.807, 2.05) is 0 Å². The summed E-state index contributed by atoms with van der Waals surface area (Å²) in [5.41, 5.74) is 0. The fraction of sp³-hybridized carbons (Fsp3) is 0.875. The first-order valence-corrected chi connectivity index (χ1v) is 4.32. The van der Waals surface area contributed by atoms with E-state index in [-0.39, 0.29) is 12.6 Å². The lowest BCUT2D eigenvalue weighted by Gasteiger charge is -2.28. The van der Waals surface area contributed by atoms with Crippen molar-refractivity contribution in [3.05, 3.63) is 0 Å². The van der Waals surface area contributed by atoms with Crippen LogP contribution in [0.5, 0.6) is 0 Å². The van der Waals surface area contributed by atoms with Crippen molar-refractivity contribution >= 4 is 6.09 Å². The first-order valence-electron chi connectivity index (χ1n) is 4.32. The third-order valence-electron chi connectivity index (χ3n) is 3.17. The second kappa shape index (κ2) is 2.62. The average Bonchev–Trinajstić information content (AvgIpc) is 2.60. The van der Waals surface area contributed by atoms with Gasteiger partial charge in [-0.1, -0.05) is 0 Å². The fourth-order valence-electron chi connectivity index (χ4n) is 2.52. The summed E-state index contributed by atoms with van der Waals surface area (Å²) in [5, 5.41) is 17.7. The van der Waals surface area contributed by atoms with E-state index in [2.05, 4.69) is 0 Å². The number of carbonyl (C=O) groups is 1. The van der Waals surface area contributed by atoms with Crippen molar-refractivity contribution in [3.8, 4) is 0 Å². The maximum Gasteiger partial charge on any atom is 0.407 e. The molecule has 1 amide bonds. The van der Waals surface area contributed by atoms with Crippen LogP contribution in [-0.2, 0) is 0 Å². The number of hydrogen-bond donors (Lipinski definition) is 2. The Morgan fingerprint density at radius 2 is 2.25 bits per heavy atom. The Balaban J connectivity index is 2.03. The second-order valence-corrected chi connectivity index (χ2v) is 3.76. The topological polar surface area (TPSA) is 60.8 Å². The van der Waals surface area contributed by atoms with Gasteiger partial charge in [-0.15, -0.1) is 0 Å². The summed E-state index contributed by atoms with van der Waals surface area (Å²) in [6.07, 6.45) is 1.00. The highest BCUT2D eigenvalue weighted by atomic mass is 16.4. The number of likely N-dealkylation sites (tertiary alicyclic amines) is 1. The number of amides is 1. The zero-order chi connectivity index (χ0) is 8.72. The monoisotopic (exact) mass is 171 g/mol. The van der Waals surface area contributed by atoms with Gasteiger partial charge in [0.05, 0.1) is 0 Å². The molecule has 2 fully saturated rings. The predicted molar refractivity (Wildman–Crippen MR) is 41.8 cm³/mol. The van der Waals surface area contributed by atoms with Crippen LogP contribution in [0.1, 0.15) is 12.8 Å². The van der Waals surface area contributed by atoms with Gasteiger partial charge in [0.2, 0.25) is 0 Å². The number of carboxylic acid groups (broad SMARTS) is 1. The lowest BCUT2D eigenvalue weighted by molar-refractivity contribution is 0.103. The van der Waals surface area contributed by atoms with Crippen LogP contribution in [0.15, 0.2) is 0 Å². The summed E-state index contributed by atoms with van der Waals surface area (Å²) in [6, 6.07) is 0.185. The molecule has 4 nitrogen and oxygen atoms in total. The van der Waals surface area contributed by atoms with Gasteiger partial charge in [-0.05, 0) is 24.7 Å². The van der Waals surface area contributed by atoms with Gasteiger partial charge in [-0.2, -0.15) is 0 Å². The molecule has 12 heavy (non-hydrogen) atoms. The molecule has 0 aromatic carbocycles. The first-order chi connectivity index (χ1) is 5.72. The minimum atomic E-state index is -0.807. The number of aliphatic hydroxyl groups is 1. The molecule has 1 aliphatic carbocycles. The number of piperidine rings is 1. The van der Waals surface area contributed by atoms with Gasteiger partial charge in [-0.3, -0.25) is 0 Å². The maximum atomic E-state index is 10.6. The highest BCUT2D eigenvalue weighted by molar-refractivity contribution is 5.66. The van der Waals surface area contributed by atoms with Crippen LogP contribution < -0.4 is 0 Å². The normalized spacial score (nSPS) is 39.1. The highest BCUT2D eigenvalue weighted by Crippen LogP contribution is 2.41. The Morgan fingerprint density at radius 3 is 2.67 bits per heavy atom. The van der Waals surface area contributed by atoms with Gasteiger partial charge in [0.1, 0.15) is 0 Å². The average molecular weight is 171 g/mol. The molecule has 0 aromatic heterocycles. The first kappa shape index (κ1) is 7.86. The van der Waals surface area contributed by atoms with Gasteiger partial charge in [0.25, 0.3) is 0 Å². The van der Waals surface area contributed by atoms with E-state index in [1.54, 1.807) is 0 Å². The van der Waals surface area contributed by atoms with E-state index in [1.165, 1.54) is 4.90 Å². The van der Waals surface area contributed by atoms with Gasteiger partial charge < -0.3 is 15.1 Å². The zero-order valence-electron chi connectivity index (χ0n) is 6.81. The van der Waals surface area contributed by atoms with Crippen LogP contribution in [0.3, 0.4) is 0 Å². The largest absolute Gasteiger partial charge is 0.465 e. The number of fused-ring (bicyclic) bond motifs is 2. The van der Waals surface area contributed by atoms with E-state index >= 15 is 0 Å². The predicted octanol–water partition coefficient (Wildman–Crippen LogP) is 0.367. The summed E-state index contributed by atoms with van der Waals surface area (Å²) >= 11 is 0. The molecule has 2 N–H and O–H groups in total. The minimum absolute atomic E-state index is 0.185. The molecule has 4 heteroatoms. The molecule has 0 spiro atoms. The quantitative estimate of drug-likeness (QED) is 0.599. The third kappa shape index (κ3) is 0.982. The van der Waals surface area contributed by atoms with Crippen molar-refractivity contribution in [1.82, 2.24) is 4.90 Å². The van der Waals surface area contributed by atoms with Crippen LogP contribution in [0, 0.1) is 11.8 Å². The molecule has 2 rings (SSSR count). The minimum Gasteiger partial charge on any atom is -0.465 e. The summed E-state index contributed by atoms with van der Waals surface area (Å²) in [7, 11) is 0. The smallest absolute Gasteiger partial charge is 0.407 e. The molecular formula is C8H13NO3. The lowest BCUT2D eigenvalue weighted by atomic mass is 9.96. The summed E-state index contributed by atoms with van der Waals surface area (Å²) in [4.78, 5) is 12.2. The van der Waals surface area contributed by atoms with Gasteiger partial charge in [-0.25, -0.2) is 4.79 Å². The molecule has 1 heterocycles. The van der Waals surface area contributed by atoms with Gasteiger partial charge in [0.15, 0.2) is 0 Å². The number of hydrogen-bond acceptors (Lipinski definition) is 2. The van der Waals surface area contributed by atoms with Crippen LogP contribution in [0.2, 0.25) is 0 Å². The summed E-state index contributed by atoms with van der Waals surface area (Å²) in [6.45, 7) is 0.847. The van der Waals surface area contributed by atoms with Crippen LogP contribution in [-0.4, -0.2) is 40.4 Å². The number of rotatable bonds is 1. The van der Waals surface area contributed by atoms with Crippen molar-refractivity contribution in [2.45, 2.75) is 18.9 Å². The molecule has 3 atom stereocenters. The molecular weight excluding hydrogens is 158 g/mol. The van der Waals surface area contributed by atoms with E-state index in [9.17, 15) is 4.79 Å². The van der Waals surface area contributed by atoms with Crippen LogP contribution in [0.25, 0.3) is 0 Å². The molecule has 68 valence electrons. The summed E-state index contributed by atoms with van der Waals surface area (Å²) in [5.74, 6) is 0.765. The van der Waals surface area contributed by atoms with Crippen LogP contribution in [0.4, 0.5) is 4.79 Å². The summed E-state index contributed by atoms with van der Waals surface area (Å²) < 4.78 is 0. The molecule has 2 bridgehead atoms. The molecule has 0 aromatic rings. The Labute approximate surface area is 70.8 Å². The van der Waals surface area contributed by atoms with Crippen molar-refractivity contribution in [3.63, 3.8) is 0 Å². The Hall–Kier alpha value is -0.770. The molecule has 1 aliphatic heterocycles. The zero-order valence-corrected chi connectivity index (χ0v) is 6.81. The molecule has 2 aliphatic rings. The molecule has 1 saturated carbocycles. The van der Waals surface area contributed by atoms with E-state index in [4.69, 9.17) is 10.2 Å². The highest BCUT2D eigenvalue weighted by Gasteiger charge is 2.45. The van der Waals surface area contributed by atoms with E-state index < -0.39 is 6.09 Å². The van der Waals surface area contributed by atoms with Crippen molar-refractivity contribution in [2.24, 2.45) is 11.8 Å².